The molecule has 0 aliphatic heterocycles. The lowest BCUT2D eigenvalue weighted by atomic mass is 9.43. The molecule has 0 aromatic heterocycles. The molecule has 49 heavy (non-hydrogen) atoms. The summed E-state index contributed by atoms with van der Waals surface area (Å²) >= 11 is 0. The minimum atomic E-state index is -4.45. The Hall–Kier alpha value is -0.530. The molecule has 6 unspecified atom stereocenters. The minimum absolute atomic E-state index is 0. The fourth-order valence-corrected chi connectivity index (χ4v) is 11.3. The van der Waals surface area contributed by atoms with Gasteiger partial charge >= 0.3 is 10.4 Å². The maximum Gasteiger partial charge on any atom is 0.397 e. The molecule has 0 spiro atoms. The number of rotatable bonds is 16. The van der Waals surface area contributed by atoms with E-state index in [0.29, 0.717) is 53.4 Å². The molecule has 0 radical (unpaired) electrons. The van der Waals surface area contributed by atoms with E-state index in [0.717, 1.165) is 58.3 Å². The molecule has 11 atom stereocenters. The summed E-state index contributed by atoms with van der Waals surface area (Å²) in [7, 11) is -4.45. The highest BCUT2D eigenvalue weighted by Gasteiger charge is 2.62. The van der Waals surface area contributed by atoms with Gasteiger partial charge in [0.05, 0.1) is 12.2 Å². The van der Waals surface area contributed by atoms with Gasteiger partial charge in [0.15, 0.2) is 0 Å². The van der Waals surface area contributed by atoms with Crippen LogP contribution in [0.25, 0.3) is 0 Å². The van der Waals surface area contributed by atoms with Crippen LogP contribution < -0.4 is 16.4 Å². The second-order valence-corrected chi connectivity index (χ2v) is 17.0. The third-order valence-electron chi connectivity index (χ3n) is 13.1. The summed E-state index contributed by atoms with van der Waals surface area (Å²) in [5, 5.41) is 19.2. The van der Waals surface area contributed by atoms with Crippen molar-refractivity contribution >= 4 is 10.4 Å². The lowest BCUT2D eigenvalue weighted by Gasteiger charge is -2.62. The summed E-state index contributed by atoms with van der Waals surface area (Å²) in [4.78, 5) is 0. The fraction of sp³-hybridized carbons (Fsp3) is 1.00. The lowest BCUT2D eigenvalue weighted by Crippen LogP contribution is -2.59. The van der Waals surface area contributed by atoms with E-state index in [4.69, 9.17) is 9.92 Å². The Kier molecular flexibility index (Phi) is 24.3. The monoisotopic (exact) mass is 736 g/mol. The van der Waals surface area contributed by atoms with E-state index in [9.17, 15) is 18.1 Å². The fourth-order valence-electron chi connectivity index (χ4n) is 10.7. The predicted molar refractivity (Wildman–Crippen MR) is 196 cm³/mol. The molecule has 0 amide bonds. The number of hydrogen-bond donors (Lipinski definition) is 5. The number of nitrogens with two attached hydrogens (primary N) is 1. The summed E-state index contributed by atoms with van der Waals surface area (Å²) in [6.45, 7) is 15.3. The molecular weight excluding hydrogens is 658 g/mol. The molecule has 0 heterocycles. The van der Waals surface area contributed by atoms with Crippen molar-refractivity contribution in [2.45, 2.75) is 136 Å². The molecule has 4 fully saturated rings. The molecule has 15 heteroatoms. The Morgan fingerprint density at radius 1 is 0.816 bits per heavy atom. The van der Waals surface area contributed by atoms with Gasteiger partial charge < -0.3 is 54.3 Å². The second kappa shape index (κ2) is 22.5. The molecule has 0 bridgehead atoms. The first-order valence-corrected chi connectivity index (χ1v) is 19.1. The number of fused-ring (bicyclic) bond motifs is 5. The number of hydrogen-bond acceptors (Lipinski definition) is 7. The number of nitrogens with one attached hydrogen (secondary N) is 2. The first kappa shape index (κ1) is 52.8. The van der Waals surface area contributed by atoms with Gasteiger partial charge in [-0.15, -0.1) is 0 Å². The van der Waals surface area contributed by atoms with Crippen LogP contribution in [0, 0.1) is 52.3 Å². The first-order chi connectivity index (χ1) is 20.3. The molecule has 4 aliphatic rings. The quantitative estimate of drug-likeness (QED) is 0.110. The summed E-state index contributed by atoms with van der Waals surface area (Å²) in [6, 6.07) is 0.573. The highest BCUT2D eigenvalue weighted by molar-refractivity contribution is 7.80. The summed E-state index contributed by atoms with van der Waals surface area (Å²) in [5.41, 5.74) is 6.13. The van der Waals surface area contributed by atoms with Crippen molar-refractivity contribution < 1.29 is 55.1 Å². The summed E-state index contributed by atoms with van der Waals surface area (Å²) < 4.78 is 37.1. The number of unbranched alkanes of at least 4 members (excludes halogenated alkanes) is 1. The van der Waals surface area contributed by atoms with Crippen molar-refractivity contribution in [2.75, 3.05) is 26.2 Å². The van der Waals surface area contributed by atoms with Crippen molar-refractivity contribution in [3.63, 3.8) is 0 Å². The molecule has 18 N–H and O–H groups in total. The summed E-state index contributed by atoms with van der Waals surface area (Å²) in [6.07, 6.45) is 13.7. The van der Waals surface area contributed by atoms with E-state index in [1.807, 2.05) is 13.8 Å². The average molecular weight is 736 g/mol. The maximum absolute atomic E-state index is 11.8. The minimum Gasteiger partial charge on any atom is -0.412 e. The molecular formula is C34H77N3O11S. The standard InChI is InChI=1S/C34H65N3O5S.6H2O/c1-23(2)31(42-43(39,40)41)12-9-24(3)27-10-11-28-32-29(14-16-34(27,28)5)33(4)15-13-26(21-25(33)22-30(32)38)37-20-8-19-36-18-7-6-17-35;;;;;;/h23-32,36-38H,6-22,35H2,1-5H3,(H,39,40,41);6*1H2/t24?,25-,26?,27-,28+,29+,30?,31?,32+,33?,34?;;;;;;/m1....../s1. The van der Waals surface area contributed by atoms with Crippen LogP contribution in [-0.4, -0.2) is 95.4 Å². The second-order valence-electron chi connectivity index (χ2n) is 15.9. The van der Waals surface area contributed by atoms with Gasteiger partial charge in [0, 0.05) is 6.04 Å². The zero-order valence-corrected chi connectivity index (χ0v) is 31.7. The number of aliphatic hydroxyl groups excluding tert-OH is 1. The molecule has 300 valence electrons. The van der Waals surface area contributed by atoms with Gasteiger partial charge in [-0.1, -0.05) is 34.6 Å². The largest absolute Gasteiger partial charge is 0.412 e. The topological polar surface area (TPSA) is 323 Å². The van der Waals surface area contributed by atoms with Crippen LogP contribution in [0.3, 0.4) is 0 Å². The Morgan fingerprint density at radius 3 is 2.04 bits per heavy atom. The molecule has 4 aliphatic carbocycles. The van der Waals surface area contributed by atoms with Crippen molar-refractivity contribution in [1.29, 1.82) is 0 Å². The van der Waals surface area contributed by atoms with Crippen LogP contribution in [0.5, 0.6) is 0 Å². The van der Waals surface area contributed by atoms with Gasteiger partial charge in [-0.05, 0) is 162 Å². The predicted octanol–water partition coefficient (Wildman–Crippen LogP) is 0.605. The SMILES string of the molecule is CC(C)C(CCC(C)[C@H]1CC[C@H]2[C@@H]3C(O)C[C@H]4CC(NCCCNCCCCN)CCC4(C)[C@H]3CCC12C)OS(=O)(=O)O.O.O.O.O.O.O. The van der Waals surface area contributed by atoms with Crippen LogP contribution in [0.2, 0.25) is 0 Å². The number of aliphatic hydroxyl groups is 1. The Balaban J connectivity index is -0.00000353. The van der Waals surface area contributed by atoms with Crippen molar-refractivity contribution in [3.8, 4) is 0 Å². The average Bonchev–Trinajstić information content (AvgIpc) is 3.29. The molecule has 4 rings (SSSR count). The maximum atomic E-state index is 11.8. The van der Waals surface area contributed by atoms with E-state index < -0.39 is 16.5 Å². The van der Waals surface area contributed by atoms with Gasteiger partial charge in [-0.3, -0.25) is 4.55 Å². The van der Waals surface area contributed by atoms with Gasteiger partial charge in [-0.2, -0.15) is 8.42 Å². The third kappa shape index (κ3) is 12.5. The molecule has 0 saturated heterocycles. The van der Waals surface area contributed by atoms with Gasteiger partial charge in [0.25, 0.3) is 0 Å². The normalized spacial score (nSPS) is 34.4. The zero-order chi connectivity index (χ0) is 31.4. The van der Waals surface area contributed by atoms with Crippen LogP contribution >= 0.6 is 0 Å². The smallest absolute Gasteiger partial charge is 0.397 e. The van der Waals surface area contributed by atoms with Crippen LogP contribution in [0.15, 0.2) is 0 Å². The molecule has 14 nitrogen and oxygen atoms in total. The van der Waals surface area contributed by atoms with E-state index in [-0.39, 0.29) is 50.3 Å². The third-order valence-corrected chi connectivity index (χ3v) is 13.6. The lowest BCUT2D eigenvalue weighted by molar-refractivity contribution is -0.167. The van der Waals surface area contributed by atoms with Crippen molar-refractivity contribution in [2.24, 2.45) is 58.0 Å². The Bertz CT molecular complexity index is 996. The van der Waals surface area contributed by atoms with Gasteiger partial charge in [0.1, 0.15) is 0 Å². The highest BCUT2D eigenvalue weighted by Crippen LogP contribution is 2.68. The van der Waals surface area contributed by atoms with Crippen molar-refractivity contribution in [1.82, 2.24) is 10.6 Å². The van der Waals surface area contributed by atoms with E-state index in [1.165, 1.54) is 44.9 Å². The Labute approximate surface area is 296 Å². The van der Waals surface area contributed by atoms with E-state index in [1.54, 1.807) is 0 Å². The van der Waals surface area contributed by atoms with Crippen molar-refractivity contribution in [3.05, 3.63) is 0 Å². The van der Waals surface area contributed by atoms with Gasteiger partial charge in [-0.25, -0.2) is 4.18 Å². The van der Waals surface area contributed by atoms with Crippen LogP contribution in [0.4, 0.5) is 0 Å². The van der Waals surface area contributed by atoms with Gasteiger partial charge in [0.2, 0.25) is 0 Å². The van der Waals surface area contributed by atoms with Crippen LogP contribution in [0.1, 0.15) is 118 Å². The van der Waals surface area contributed by atoms with E-state index >= 15 is 0 Å². The molecule has 0 aromatic carbocycles. The van der Waals surface area contributed by atoms with E-state index in [2.05, 4.69) is 31.4 Å². The first-order valence-electron chi connectivity index (χ1n) is 17.8. The molecule has 4 saturated carbocycles. The summed E-state index contributed by atoms with van der Waals surface area (Å²) in [5.74, 6) is 3.21. The highest BCUT2D eigenvalue weighted by atomic mass is 32.3. The van der Waals surface area contributed by atoms with Crippen LogP contribution in [-0.2, 0) is 14.6 Å². The molecule has 0 aromatic rings. The Morgan fingerprint density at radius 2 is 1.43 bits per heavy atom. The zero-order valence-electron chi connectivity index (χ0n) is 30.9.